The molecule has 24 heavy (non-hydrogen) atoms. The Morgan fingerprint density at radius 1 is 1.38 bits per heavy atom. The van der Waals surface area contributed by atoms with E-state index in [1.54, 1.807) is 0 Å². The number of aliphatic imine (C=N–C) groups is 1. The summed E-state index contributed by atoms with van der Waals surface area (Å²) in [6, 6.07) is 10.6. The van der Waals surface area contributed by atoms with Crippen molar-refractivity contribution in [3.8, 4) is 0 Å². The first kappa shape index (κ1) is 19.1. The number of hydrogen-bond acceptors (Lipinski definition) is 3. The number of ether oxygens (including phenoxy) is 1. The van der Waals surface area contributed by atoms with Crippen LogP contribution in [-0.2, 0) is 4.74 Å². The van der Waals surface area contributed by atoms with Crippen molar-refractivity contribution in [1.29, 1.82) is 0 Å². The molecule has 0 aromatic heterocycles. The summed E-state index contributed by atoms with van der Waals surface area (Å²) in [5.74, 6) is 1.68. The van der Waals surface area contributed by atoms with E-state index in [0.717, 1.165) is 45.4 Å². The predicted octanol–water partition coefficient (Wildman–Crippen LogP) is 3.49. The Hall–Kier alpha value is -1.20. The van der Waals surface area contributed by atoms with Gasteiger partial charge >= 0.3 is 0 Å². The highest BCUT2D eigenvalue weighted by atomic mass is 32.2. The first-order chi connectivity index (χ1) is 11.7. The standard InChI is InChI=1S/C19H31N3OS/c1-4-20-19(22-12-11-17(14-22)15-23-5-2)21-13-16(3)24-18-9-7-6-8-10-18/h6-10,16-17H,4-5,11-15H2,1-3H3,(H,20,21). The second-order valence-electron chi connectivity index (χ2n) is 6.20. The average molecular weight is 350 g/mol. The topological polar surface area (TPSA) is 36.9 Å². The zero-order chi connectivity index (χ0) is 17.2. The van der Waals surface area contributed by atoms with Crippen molar-refractivity contribution in [2.75, 3.05) is 39.4 Å². The molecule has 1 fully saturated rings. The highest BCUT2D eigenvalue weighted by Crippen LogP contribution is 2.23. The minimum atomic E-state index is 0.461. The molecule has 1 aliphatic rings. The van der Waals surface area contributed by atoms with Crippen LogP contribution in [0.15, 0.2) is 40.2 Å². The quantitative estimate of drug-likeness (QED) is 0.443. The molecule has 1 aliphatic heterocycles. The fourth-order valence-electron chi connectivity index (χ4n) is 2.86. The zero-order valence-electron chi connectivity index (χ0n) is 15.2. The van der Waals surface area contributed by atoms with E-state index in [4.69, 9.17) is 9.73 Å². The Balaban J connectivity index is 1.86. The molecule has 1 heterocycles. The molecule has 2 unspecified atom stereocenters. The molecule has 2 rings (SSSR count). The van der Waals surface area contributed by atoms with Crippen molar-refractivity contribution in [3.05, 3.63) is 30.3 Å². The van der Waals surface area contributed by atoms with Gasteiger partial charge < -0.3 is 15.0 Å². The normalized spacial score (nSPS) is 19.5. The van der Waals surface area contributed by atoms with E-state index < -0.39 is 0 Å². The number of nitrogens with one attached hydrogen (secondary N) is 1. The largest absolute Gasteiger partial charge is 0.381 e. The molecule has 1 aromatic carbocycles. The maximum Gasteiger partial charge on any atom is 0.193 e. The molecule has 1 saturated heterocycles. The summed E-state index contributed by atoms with van der Waals surface area (Å²) in [6.45, 7) is 12.0. The van der Waals surface area contributed by atoms with E-state index >= 15 is 0 Å². The summed E-state index contributed by atoms with van der Waals surface area (Å²) in [6.07, 6.45) is 1.19. The van der Waals surface area contributed by atoms with Gasteiger partial charge in [-0.2, -0.15) is 0 Å². The smallest absolute Gasteiger partial charge is 0.193 e. The fourth-order valence-corrected chi connectivity index (χ4v) is 3.78. The minimum Gasteiger partial charge on any atom is -0.381 e. The lowest BCUT2D eigenvalue weighted by atomic mass is 10.1. The van der Waals surface area contributed by atoms with Crippen molar-refractivity contribution < 1.29 is 4.74 Å². The molecule has 0 amide bonds. The zero-order valence-corrected chi connectivity index (χ0v) is 16.0. The van der Waals surface area contributed by atoms with Crippen LogP contribution in [0.4, 0.5) is 0 Å². The Morgan fingerprint density at radius 3 is 2.88 bits per heavy atom. The second-order valence-corrected chi connectivity index (χ2v) is 7.71. The van der Waals surface area contributed by atoms with Crippen LogP contribution in [0, 0.1) is 5.92 Å². The van der Waals surface area contributed by atoms with Crippen LogP contribution in [0.1, 0.15) is 27.2 Å². The number of benzene rings is 1. The number of likely N-dealkylation sites (tertiary alicyclic amines) is 1. The predicted molar refractivity (Wildman–Crippen MR) is 104 cm³/mol. The van der Waals surface area contributed by atoms with Crippen molar-refractivity contribution in [2.24, 2.45) is 10.9 Å². The van der Waals surface area contributed by atoms with Crippen LogP contribution in [0.25, 0.3) is 0 Å². The van der Waals surface area contributed by atoms with Crippen LogP contribution >= 0.6 is 11.8 Å². The molecule has 0 bridgehead atoms. The average Bonchev–Trinajstić information content (AvgIpc) is 3.06. The summed E-state index contributed by atoms with van der Waals surface area (Å²) in [7, 11) is 0. The van der Waals surface area contributed by atoms with Gasteiger partial charge in [0.05, 0.1) is 13.2 Å². The number of nitrogens with zero attached hydrogens (tertiary/aromatic N) is 2. The maximum atomic E-state index is 5.58. The molecule has 0 spiro atoms. The third-order valence-electron chi connectivity index (χ3n) is 4.06. The van der Waals surface area contributed by atoms with E-state index in [-0.39, 0.29) is 0 Å². The highest BCUT2D eigenvalue weighted by molar-refractivity contribution is 8.00. The van der Waals surface area contributed by atoms with Crippen LogP contribution in [0.5, 0.6) is 0 Å². The van der Waals surface area contributed by atoms with Crippen molar-refractivity contribution in [2.45, 2.75) is 37.3 Å². The van der Waals surface area contributed by atoms with Crippen LogP contribution in [0.3, 0.4) is 0 Å². The maximum absolute atomic E-state index is 5.58. The lowest BCUT2D eigenvalue weighted by Crippen LogP contribution is -2.40. The summed E-state index contributed by atoms with van der Waals surface area (Å²) >= 11 is 1.88. The molecule has 4 nitrogen and oxygen atoms in total. The van der Waals surface area contributed by atoms with Crippen LogP contribution in [-0.4, -0.2) is 55.5 Å². The minimum absolute atomic E-state index is 0.461. The van der Waals surface area contributed by atoms with Gasteiger partial charge in [0.25, 0.3) is 0 Å². The lowest BCUT2D eigenvalue weighted by Gasteiger charge is -2.22. The number of rotatable bonds is 8. The van der Waals surface area contributed by atoms with Gasteiger partial charge in [-0.05, 0) is 32.4 Å². The Bertz CT molecular complexity index is 495. The first-order valence-corrected chi connectivity index (χ1v) is 9.93. The molecule has 134 valence electrons. The van der Waals surface area contributed by atoms with Crippen molar-refractivity contribution in [1.82, 2.24) is 10.2 Å². The van der Waals surface area contributed by atoms with Crippen molar-refractivity contribution >= 4 is 17.7 Å². The summed E-state index contributed by atoms with van der Waals surface area (Å²) in [5, 5.41) is 3.91. The second kappa shape index (κ2) is 10.6. The van der Waals surface area contributed by atoms with Gasteiger partial charge in [-0.15, -0.1) is 11.8 Å². The molecular formula is C19H31N3OS. The van der Waals surface area contributed by atoms with E-state index in [1.165, 1.54) is 11.3 Å². The molecule has 1 aromatic rings. The molecule has 0 radical (unpaired) electrons. The van der Waals surface area contributed by atoms with E-state index in [9.17, 15) is 0 Å². The molecular weight excluding hydrogens is 318 g/mol. The third-order valence-corrected chi connectivity index (χ3v) is 5.15. The SMILES string of the molecule is CCNC(=NCC(C)Sc1ccccc1)N1CCC(COCC)C1. The van der Waals surface area contributed by atoms with Gasteiger partial charge in [-0.3, -0.25) is 4.99 Å². The monoisotopic (exact) mass is 349 g/mol. The Labute approximate surface area is 151 Å². The number of guanidine groups is 1. The third kappa shape index (κ3) is 6.36. The van der Waals surface area contributed by atoms with E-state index in [1.807, 2.05) is 11.8 Å². The summed E-state index contributed by atoms with van der Waals surface area (Å²) in [5.41, 5.74) is 0. The number of thioether (sulfide) groups is 1. The Kier molecular flexibility index (Phi) is 8.47. The van der Waals surface area contributed by atoms with Gasteiger partial charge in [-0.25, -0.2) is 0 Å². The first-order valence-electron chi connectivity index (χ1n) is 9.05. The van der Waals surface area contributed by atoms with E-state index in [2.05, 4.69) is 61.3 Å². The molecule has 2 atom stereocenters. The fraction of sp³-hybridized carbons (Fsp3) is 0.632. The van der Waals surface area contributed by atoms with Gasteiger partial charge in [0.1, 0.15) is 0 Å². The summed E-state index contributed by atoms with van der Waals surface area (Å²) < 4.78 is 5.58. The van der Waals surface area contributed by atoms with Crippen molar-refractivity contribution in [3.63, 3.8) is 0 Å². The van der Waals surface area contributed by atoms with Gasteiger partial charge in [0.2, 0.25) is 0 Å². The molecule has 0 aliphatic carbocycles. The molecule has 1 N–H and O–H groups in total. The van der Waals surface area contributed by atoms with Crippen LogP contribution < -0.4 is 5.32 Å². The van der Waals surface area contributed by atoms with Gasteiger partial charge in [-0.1, -0.05) is 25.1 Å². The Morgan fingerprint density at radius 2 is 2.17 bits per heavy atom. The molecule has 5 heteroatoms. The van der Waals surface area contributed by atoms with E-state index in [0.29, 0.717) is 11.2 Å². The molecule has 0 saturated carbocycles. The summed E-state index contributed by atoms with van der Waals surface area (Å²) in [4.78, 5) is 8.57. The highest BCUT2D eigenvalue weighted by Gasteiger charge is 2.24. The van der Waals surface area contributed by atoms with Gasteiger partial charge in [0, 0.05) is 42.3 Å². The van der Waals surface area contributed by atoms with Gasteiger partial charge in [0.15, 0.2) is 5.96 Å². The van der Waals surface area contributed by atoms with Crippen LogP contribution in [0.2, 0.25) is 0 Å². The number of hydrogen-bond donors (Lipinski definition) is 1. The lowest BCUT2D eigenvalue weighted by molar-refractivity contribution is 0.114.